The van der Waals surface area contributed by atoms with Gasteiger partial charge in [0.1, 0.15) is 10.5 Å². The van der Waals surface area contributed by atoms with Crippen LogP contribution in [0.3, 0.4) is 0 Å². The van der Waals surface area contributed by atoms with Crippen LogP contribution in [0.25, 0.3) is 16.6 Å². The lowest BCUT2D eigenvalue weighted by Gasteiger charge is -2.10. The average Bonchev–Trinajstić information content (AvgIpc) is 3.21. The fourth-order valence-electron chi connectivity index (χ4n) is 2.89. The van der Waals surface area contributed by atoms with Gasteiger partial charge in [0.2, 0.25) is 0 Å². The van der Waals surface area contributed by atoms with Crippen molar-refractivity contribution in [2.45, 2.75) is 9.10 Å². The molecule has 2 heterocycles. The minimum Gasteiger partial charge on any atom is -0.307 e. The largest absolute Gasteiger partial charge is 0.333 e. The van der Waals surface area contributed by atoms with Crippen molar-refractivity contribution in [2.75, 3.05) is 11.6 Å². The van der Waals surface area contributed by atoms with Crippen LogP contribution in [0.1, 0.15) is 0 Å². The number of urea groups is 1. The molecule has 0 aliphatic rings. The minimum absolute atomic E-state index is 0.0687. The van der Waals surface area contributed by atoms with Crippen molar-refractivity contribution in [3.05, 3.63) is 75.6 Å². The lowest BCUT2D eigenvalue weighted by atomic mass is 10.2. The summed E-state index contributed by atoms with van der Waals surface area (Å²) in [6, 6.07) is 13.7. The Morgan fingerprint density at radius 2 is 1.88 bits per heavy atom. The normalized spacial score (nSPS) is 11.4. The van der Waals surface area contributed by atoms with E-state index in [-0.39, 0.29) is 9.77 Å². The highest BCUT2D eigenvalue weighted by atomic mass is 35.5. The fraction of sp³-hybridized carbons (Fsp3) is 0.0500. The van der Waals surface area contributed by atoms with Gasteiger partial charge >= 0.3 is 6.03 Å². The molecule has 2 N–H and O–H groups in total. The molecule has 0 unspecified atom stereocenters. The van der Waals surface area contributed by atoms with Gasteiger partial charge in [0.05, 0.1) is 20.9 Å². The van der Waals surface area contributed by atoms with Gasteiger partial charge in [-0.2, -0.15) is 0 Å². The highest BCUT2D eigenvalue weighted by molar-refractivity contribution is 7.98. The first-order valence-electron chi connectivity index (χ1n) is 9.02. The zero-order valence-corrected chi connectivity index (χ0v) is 19.6. The molecule has 2 aromatic heterocycles. The number of nitrogens with one attached hydrogen (secondary N) is 2. The Kier molecular flexibility index (Phi) is 6.24. The summed E-state index contributed by atoms with van der Waals surface area (Å²) in [6.07, 6.45) is 3.37. The van der Waals surface area contributed by atoms with Crippen LogP contribution >= 0.6 is 34.7 Å². The van der Waals surface area contributed by atoms with Crippen molar-refractivity contribution in [2.24, 2.45) is 0 Å². The molecule has 32 heavy (non-hydrogen) atoms. The first kappa shape index (κ1) is 22.3. The number of amides is 2. The number of thioether (sulfide) groups is 1. The number of halogens is 1. The molecule has 0 spiro atoms. The van der Waals surface area contributed by atoms with Crippen LogP contribution in [-0.4, -0.2) is 30.3 Å². The van der Waals surface area contributed by atoms with Crippen molar-refractivity contribution < 1.29 is 13.2 Å². The number of sulfonamides is 1. The summed E-state index contributed by atoms with van der Waals surface area (Å²) >= 11 is 8.13. The summed E-state index contributed by atoms with van der Waals surface area (Å²) in [5, 5.41) is 2.95. The van der Waals surface area contributed by atoms with Gasteiger partial charge in [0.25, 0.3) is 15.6 Å². The minimum atomic E-state index is -4.03. The van der Waals surface area contributed by atoms with E-state index in [0.29, 0.717) is 26.6 Å². The summed E-state index contributed by atoms with van der Waals surface area (Å²) < 4.78 is 28.0. The van der Waals surface area contributed by atoms with E-state index in [9.17, 15) is 18.0 Å². The third kappa shape index (κ3) is 4.65. The highest BCUT2D eigenvalue weighted by Crippen LogP contribution is 2.25. The van der Waals surface area contributed by atoms with E-state index in [1.54, 1.807) is 36.4 Å². The molecule has 2 aromatic carbocycles. The predicted octanol–water partition coefficient (Wildman–Crippen LogP) is 4.33. The van der Waals surface area contributed by atoms with Crippen LogP contribution in [0.5, 0.6) is 0 Å². The number of hydrogen-bond acceptors (Lipinski definition) is 7. The molecule has 12 heteroatoms. The van der Waals surface area contributed by atoms with Gasteiger partial charge in [-0.05, 0) is 60.9 Å². The van der Waals surface area contributed by atoms with E-state index < -0.39 is 16.1 Å². The van der Waals surface area contributed by atoms with Crippen molar-refractivity contribution in [1.29, 1.82) is 0 Å². The zero-order valence-electron chi connectivity index (χ0n) is 16.4. The Hall–Kier alpha value is -2.86. The second-order valence-electron chi connectivity index (χ2n) is 6.47. The fourth-order valence-corrected chi connectivity index (χ4v) is 5.72. The smallest absolute Gasteiger partial charge is 0.307 e. The molecule has 164 valence electrons. The van der Waals surface area contributed by atoms with Gasteiger partial charge in [-0.25, -0.2) is 22.9 Å². The summed E-state index contributed by atoms with van der Waals surface area (Å²) in [7, 11) is -4.03. The second kappa shape index (κ2) is 8.94. The Morgan fingerprint density at radius 3 is 2.53 bits per heavy atom. The lowest BCUT2D eigenvalue weighted by Crippen LogP contribution is -2.33. The standard InChI is InChI=1S/C20H15ClN4O4S3/c1-30-14-6-7-16-15(10-14)19(26)25(11-22-16)13-4-2-12(3-5-13)23-20(27)24-32(28,29)18-9-8-17(21)31-18/h2-11H,1H3,(H2,23,24,27). The molecule has 4 rings (SSSR count). The number of rotatable bonds is 5. The van der Waals surface area contributed by atoms with Crippen LogP contribution in [-0.2, 0) is 10.0 Å². The Labute approximate surface area is 196 Å². The van der Waals surface area contributed by atoms with E-state index in [4.69, 9.17) is 11.6 Å². The molecule has 0 saturated heterocycles. The van der Waals surface area contributed by atoms with E-state index in [1.165, 1.54) is 34.8 Å². The number of nitrogens with zero attached hydrogens (tertiary/aromatic N) is 2. The molecular weight excluding hydrogens is 492 g/mol. The molecular formula is C20H15ClN4O4S3. The van der Waals surface area contributed by atoms with E-state index in [0.717, 1.165) is 16.2 Å². The molecule has 0 saturated carbocycles. The van der Waals surface area contributed by atoms with E-state index in [1.807, 2.05) is 17.0 Å². The van der Waals surface area contributed by atoms with Gasteiger partial charge in [-0.15, -0.1) is 23.1 Å². The van der Waals surface area contributed by atoms with Crippen molar-refractivity contribution in [1.82, 2.24) is 14.3 Å². The number of benzene rings is 2. The SMILES string of the molecule is CSc1ccc2ncn(-c3ccc(NC(=O)NS(=O)(=O)c4ccc(Cl)s4)cc3)c(=O)c2c1. The maximum atomic E-state index is 12.9. The topological polar surface area (TPSA) is 110 Å². The number of thiophene rings is 1. The molecule has 0 fully saturated rings. The molecule has 2 amide bonds. The molecule has 8 nitrogen and oxygen atoms in total. The van der Waals surface area contributed by atoms with Crippen LogP contribution in [0.2, 0.25) is 4.34 Å². The average molecular weight is 507 g/mol. The third-order valence-corrected chi connectivity index (χ3v) is 8.19. The summed E-state index contributed by atoms with van der Waals surface area (Å²) in [5.41, 5.74) is 1.28. The second-order valence-corrected chi connectivity index (χ2v) is 11.0. The number of aromatic nitrogens is 2. The highest BCUT2D eigenvalue weighted by Gasteiger charge is 2.19. The number of anilines is 1. The Bertz CT molecular complexity index is 1480. The number of fused-ring (bicyclic) bond motifs is 1. The van der Waals surface area contributed by atoms with Crippen molar-refractivity contribution >= 4 is 67.3 Å². The molecule has 0 aliphatic carbocycles. The van der Waals surface area contributed by atoms with E-state index in [2.05, 4.69) is 10.3 Å². The maximum Gasteiger partial charge on any atom is 0.333 e. The van der Waals surface area contributed by atoms with E-state index >= 15 is 0 Å². The van der Waals surface area contributed by atoms with Crippen LogP contribution in [0, 0.1) is 0 Å². The Balaban J connectivity index is 1.53. The van der Waals surface area contributed by atoms with Gasteiger partial charge in [-0.1, -0.05) is 11.6 Å². The molecule has 0 aliphatic heterocycles. The first-order chi connectivity index (χ1) is 15.3. The summed E-state index contributed by atoms with van der Waals surface area (Å²) in [5.74, 6) is 0. The summed E-state index contributed by atoms with van der Waals surface area (Å²) in [6.45, 7) is 0. The lowest BCUT2D eigenvalue weighted by molar-refractivity contribution is 0.256. The molecule has 4 aromatic rings. The Morgan fingerprint density at radius 1 is 1.12 bits per heavy atom. The monoisotopic (exact) mass is 506 g/mol. The van der Waals surface area contributed by atoms with Gasteiger partial charge in [0, 0.05) is 10.6 Å². The number of hydrogen-bond donors (Lipinski definition) is 2. The van der Waals surface area contributed by atoms with Crippen molar-refractivity contribution in [3.8, 4) is 5.69 Å². The summed E-state index contributed by atoms with van der Waals surface area (Å²) in [4.78, 5) is 30.3. The maximum absolute atomic E-state index is 12.9. The predicted molar refractivity (Wildman–Crippen MR) is 128 cm³/mol. The molecule has 0 atom stereocenters. The molecule has 0 radical (unpaired) electrons. The van der Waals surface area contributed by atoms with Crippen LogP contribution < -0.4 is 15.6 Å². The van der Waals surface area contributed by atoms with Gasteiger partial charge in [0.15, 0.2) is 0 Å². The van der Waals surface area contributed by atoms with Crippen LogP contribution in [0.4, 0.5) is 10.5 Å². The number of carbonyl (C=O) groups excluding carboxylic acids is 1. The molecule has 0 bridgehead atoms. The zero-order chi connectivity index (χ0) is 22.9. The van der Waals surface area contributed by atoms with Crippen LogP contribution in [0.15, 0.2) is 74.8 Å². The van der Waals surface area contributed by atoms with Crippen molar-refractivity contribution in [3.63, 3.8) is 0 Å². The first-order valence-corrected chi connectivity index (χ1v) is 12.9. The quantitative estimate of drug-likeness (QED) is 0.390. The third-order valence-electron chi connectivity index (χ3n) is 4.41. The van der Waals surface area contributed by atoms with Gasteiger partial charge in [-0.3, -0.25) is 9.36 Å². The van der Waals surface area contributed by atoms with Gasteiger partial charge < -0.3 is 5.32 Å². The number of carbonyl (C=O) groups is 1.